The van der Waals surface area contributed by atoms with Crippen LogP contribution in [0.15, 0.2) is 0 Å². The first-order chi connectivity index (χ1) is 10.5. The lowest BCUT2D eigenvalue weighted by Crippen LogP contribution is -2.37. The highest BCUT2D eigenvalue weighted by molar-refractivity contribution is 6.72. The number of hydrogen-bond donors (Lipinski definition) is 0. The third-order valence-electron chi connectivity index (χ3n) is 2.41. The summed E-state index contributed by atoms with van der Waals surface area (Å²) in [6, 6.07) is 0. The highest BCUT2D eigenvalue weighted by Crippen LogP contribution is 2.19. The maximum absolute atomic E-state index is 12.4. The Bertz CT molecular complexity index is 441. The zero-order valence-corrected chi connectivity index (χ0v) is 19.4. The fourth-order valence-corrected chi connectivity index (χ4v) is 4.10. The summed E-state index contributed by atoms with van der Waals surface area (Å²) < 4.78 is 16.3. The first kappa shape index (κ1) is 23.1. The Balaban J connectivity index is 5.05. The quantitative estimate of drug-likeness (QED) is 0.588. The normalized spacial score (nSPS) is 12.8. The Hall–Kier alpha value is -0.939. The number of carbonyl (C=O) groups is 3. The van der Waals surface area contributed by atoms with E-state index in [1.807, 2.05) is 58.9 Å². The molecule has 0 aliphatic rings. The van der Waals surface area contributed by atoms with Crippen LogP contribution in [-0.4, -0.2) is 42.9 Å². The lowest BCUT2D eigenvalue weighted by molar-refractivity contribution is -0.150. The summed E-state index contributed by atoms with van der Waals surface area (Å²) in [6.07, 6.45) is -0.317. The van der Waals surface area contributed by atoms with Gasteiger partial charge in [-0.2, -0.15) is 0 Å². The molecule has 9 heteroatoms. The lowest BCUT2D eigenvalue weighted by Gasteiger charge is -2.25. The van der Waals surface area contributed by atoms with Crippen molar-refractivity contribution in [2.75, 3.05) is 0 Å². The Labute approximate surface area is 148 Å². The second-order valence-corrected chi connectivity index (χ2v) is 22.1. The molecule has 0 aliphatic heterocycles. The minimum atomic E-state index is -2.12. The molecular weight excluding hydrogens is 360 g/mol. The van der Waals surface area contributed by atoms with E-state index >= 15 is 0 Å². The molecule has 0 spiro atoms. The van der Waals surface area contributed by atoms with Crippen LogP contribution in [-0.2, 0) is 27.7 Å². The minimum absolute atomic E-state index is 0.158. The topological polar surface area (TPSA) is 78.9 Å². The van der Waals surface area contributed by atoms with Crippen LogP contribution in [0.1, 0.15) is 12.8 Å². The molecule has 0 N–H and O–H groups in total. The van der Waals surface area contributed by atoms with Crippen LogP contribution in [0, 0.1) is 5.92 Å². The molecular formula is C15H32O6Si3. The zero-order chi connectivity index (χ0) is 19.3. The Morgan fingerprint density at radius 1 is 0.625 bits per heavy atom. The highest BCUT2D eigenvalue weighted by Gasteiger charge is 2.33. The molecule has 0 rings (SSSR count). The summed E-state index contributed by atoms with van der Waals surface area (Å²) in [5, 5.41) is 0. The summed E-state index contributed by atoms with van der Waals surface area (Å²) in [6.45, 7) is 17.0. The molecule has 0 saturated heterocycles. The van der Waals surface area contributed by atoms with Gasteiger partial charge in [0.05, 0.1) is 18.8 Å². The maximum atomic E-state index is 12.4. The van der Waals surface area contributed by atoms with Crippen molar-refractivity contribution >= 4 is 42.9 Å². The molecule has 0 atom stereocenters. The number of hydrogen-bond acceptors (Lipinski definition) is 6. The monoisotopic (exact) mass is 392 g/mol. The van der Waals surface area contributed by atoms with E-state index in [2.05, 4.69) is 0 Å². The molecule has 0 aromatic carbocycles. The van der Waals surface area contributed by atoms with Crippen LogP contribution in [0.3, 0.4) is 0 Å². The van der Waals surface area contributed by atoms with Crippen LogP contribution in [0.5, 0.6) is 0 Å². The Kier molecular flexibility index (Phi) is 8.10. The molecule has 140 valence electrons. The fraction of sp³-hybridized carbons (Fsp3) is 0.800. The Morgan fingerprint density at radius 3 is 1.17 bits per heavy atom. The predicted molar refractivity (Wildman–Crippen MR) is 101 cm³/mol. The molecule has 0 saturated carbocycles. The third kappa shape index (κ3) is 12.5. The van der Waals surface area contributed by atoms with Gasteiger partial charge in [-0.1, -0.05) is 0 Å². The fourth-order valence-electron chi connectivity index (χ4n) is 1.79. The van der Waals surface area contributed by atoms with E-state index in [-0.39, 0.29) is 12.8 Å². The van der Waals surface area contributed by atoms with Crippen molar-refractivity contribution in [3.05, 3.63) is 0 Å². The molecule has 0 amide bonds. The second-order valence-electron chi connectivity index (χ2n) is 8.81. The van der Waals surface area contributed by atoms with Crippen LogP contribution in [0.2, 0.25) is 58.9 Å². The van der Waals surface area contributed by atoms with E-state index in [0.717, 1.165) is 0 Å². The van der Waals surface area contributed by atoms with Gasteiger partial charge in [-0.3, -0.25) is 14.4 Å². The van der Waals surface area contributed by atoms with E-state index in [9.17, 15) is 14.4 Å². The van der Waals surface area contributed by atoms with Crippen molar-refractivity contribution in [2.24, 2.45) is 5.92 Å². The van der Waals surface area contributed by atoms with Gasteiger partial charge in [0.1, 0.15) is 0 Å². The average molecular weight is 393 g/mol. The van der Waals surface area contributed by atoms with Crippen molar-refractivity contribution in [2.45, 2.75) is 71.8 Å². The zero-order valence-electron chi connectivity index (χ0n) is 16.4. The van der Waals surface area contributed by atoms with Crippen LogP contribution in [0.4, 0.5) is 0 Å². The van der Waals surface area contributed by atoms with E-state index in [1.54, 1.807) is 0 Å². The lowest BCUT2D eigenvalue weighted by atomic mass is 10.0. The largest absolute Gasteiger partial charge is 0.520 e. The molecule has 0 aliphatic carbocycles. The molecule has 24 heavy (non-hydrogen) atoms. The first-order valence-electron chi connectivity index (χ1n) is 8.15. The summed E-state index contributed by atoms with van der Waals surface area (Å²) >= 11 is 0. The van der Waals surface area contributed by atoms with Gasteiger partial charge in [0.15, 0.2) is 0 Å². The smallest absolute Gasteiger partial charge is 0.296 e. The van der Waals surface area contributed by atoms with Gasteiger partial charge in [-0.15, -0.1) is 0 Å². The van der Waals surface area contributed by atoms with E-state index < -0.39 is 48.8 Å². The number of rotatable bonds is 8. The van der Waals surface area contributed by atoms with Gasteiger partial charge in [-0.05, 0) is 58.9 Å². The molecule has 0 unspecified atom stereocenters. The van der Waals surface area contributed by atoms with Crippen molar-refractivity contribution in [1.82, 2.24) is 0 Å². The van der Waals surface area contributed by atoms with Gasteiger partial charge in [0.25, 0.3) is 17.9 Å². The molecule has 0 heterocycles. The molecule has 0 bridgehead atoms. The van der Waals surface area contributed by atoms with E-state index in [0.29, 0.717) is 0 Å². The molecule has 0 fully saturated rings. The van der Waals surface area contributed by atoms with Crippen molar-refractivity contribution in [3.8, 4) is 0 Å². The highest BCUT2D eigenvalue weighted by atomic mass is 28.4. The SMILES string of the molecule is C[Si](C)(C)OC(=O)CC(CC(=O)O[Si](C)(C)C)C(=O)O[Si](C)(C)C. The Morgan fingerprint density at radius 2 is 0.917 bits per heavy atom. The van der Waals surface area contributed by atoms with Gasteiger partial charge in [-0.25, -0.2) is 0 Å². The van der Waals surface area contributed by atoms with Gasteiger partial charge < -0.3 is 13.3 Å². The van der Waals surface area contributed by atoms with Crippen LogP contribution in [0.25, 0.3) is 0 Å². The molecule has 0 aromatic heterocycles. The minimum Gasteiger partial charge on any atom is -0.520 e. The first-order valence-corrected chi connectivity index (χ1v) is 18.4. The second kappa shape index (κ2) is 8.43. The summed E-state index contributed by atoms with van der Waals surface area (Å²) in [5.74, 6) is -2.31. The third-order valence-corrected chi connectivity index (χ3v) is 4.90. The predicted octanol–water partition coefficient (Wildman–Crippen LogP) is 3.52. The summed E-state index contributed by atoms with van der Waals surface area (Å²) in [5.41, 5.74) is 0. The van der Waals surface area contributed by atoms with Crippen LogP contribution >= 0.6 is 0 Å². The van der Waals surface area contributed by atoms with Gasteiger partial charge >= 0.3 is 0 Å². The van der Waals surface area contributed by atoms with Gasteiger partial charge in [0, 0.05) is 0 Å². The van der Waals surface area contributed by atoms with E-state index in [4.69, 9.17) is 13.3 Å². The van der Waals surface area contributed by atoms with Gasteiger partial charge in [0.2, 0.25) is 25.0 Å². The molecule has 0 radical (unpaired) electrons. The average Bonchev–Trinajstić information content (AvgIpc) is 2.19. The van der Waals surface area contributed by atoms with E-state index in [1.165, 1.54) is 0 Å². The van der Waals surface area contributed by atoms with Crippen molar-refractivity contribution in [1.29, 1.82) is 0 Å². The van der Waals surface area contributed by atoms with Crippen molar-refractivity contribution in [3.63, 3.8) is 0 Å². The molecule has 0 aromatic rings. The summed E-state index contributed by atoms with van der Waals surface area (Å²) in [7, 11) is -6.21. The maximum Gasteiger partial charge on any atom is 0.296 e. The standard InChI is InChI=1S/C15H32O6Si3/c1-22(2,3)19-13(16)10-12(15(18)21-24(7,8)9)11-14(17)20-23(4,5)6/h12H,10-11H2,1-9H3. The van der Waals surface area contributed by atoms with Crippen LogP contribution < -0.4 is 0 Å². The summed E-state index contributed by atoms with van der Waals surface area (Å²) in [4.78, 5) is 36.5. The van der Waals surface area contributed by atoms with Crippen molar-refractivity contribution < 1.29 is 27.7 Å². The number of carbonyl (C=O) groups excluding carboxylic acids is 3. The molecule has 6 nitrogen and oxygen atoms in total.